The van der Waals surface area contributed by atoms with Gasteiger partial charge in [-0.25, -0.2) is 9.07 Å². The van der Waals surface area contributed by atoms with Crippen LogP contribution in [0.15, 0.2) is 91.4 Å². The number of halogens is 2. The number of rotatable bonds is 18. The van der Waals surface area contributed by atoms with Crippen molar-refractivity contribution in [1.29, 1.82) is 0 Å². The van der Waals surface area contributed by atoms with Gasteiger partial charge >= 0.3 is 6.01 Å². The average molecular weight is 1080 g/mol. The summed E-state index contributed by atoms with van der Waals surface area (Å²) in [6.45, 7) is 8.66. The number of anilines is 1. The summed E-state index contributed by atoms with van der Waals surface area (Å²) in [5, 5.41) is 53.4. The third-order valence-corrected chi connectivity index (χ3v) is 15.4. The number of β-amino-alcohol motifs (C(OH)–C–C–N with tert-alkyl or cyclic N) is 1. The van der Waals surface area contributed by atoms with Gasteiger partial charge in [0, 0.05) is 84.5 Å². The molecule has 3 fully saturated rings. The summed E-state index contributed by atoms with van der Waals surface area (Å²) < 4.78 is 35.9. The lowest BCUT2D eigenvalue weighted by Gasteiger charge is -2.30. The Labute approximate surface area is 453 Å². The van der Waals surface area contributed by atoms with Crippen LogP contribution in [0.3, 0.4) is 0 Å². The number of aliphatic hydroxyl groups is 2. The number of carbonyl (C=O) groups excluding carboxylic acids is 2. The Morgan fingerprint density at radius 1 is 0.949 bits per heavy atom. The smallest absolute Gasteiger partial charge is 0.319 e. The number of nitrogens with zero attached hydrogens (tertiary/aromatic N) is 10. The Morgan fingerprint density at radius 3 is 2.44 bits per heavy atom. The summed E-state index contributed by atoms with van der Waals surface area (Å²) in [5.41, 5.74) is 6.34. The van der Waals surface area contributed by atoms with Gasteiger partial charge in [-0.05, 0) is 67.1 Å². The highest BCUT2D eigenvalue weighted by Gasteiger charge is 2.44. The molecule has 404 valence electrons. The lowest BCUT2D eigenvalue weighted by molar-refractivity contribution is -0.142. The molecular weight excluding hydrogens is 1020 g/mol. The topological polar surface area (TPSA) is 244 Å². The van der Waals surface area contributed by atoms with E-state index in [1.54, 1.807) is 50.8 Å². The van der Waals surface area contributed by atoms with Crippen LogP contribution in [-0.2, 0) is 20.9 Å². The van der Waals surface area contributed by atoms with Crippen LogP contribution < -0.4 is 25.0 Å². The quantitative estimate of drug-likeness (QED) is 0.0612. The van der Waals surface area contributed by atoms with Gasteiger partial charge in [0.15, 0.2) is 5.75 Å². The number of fused-ring (bicyclic) bond motifs is 4. The van der Waals surface area contributed by atoms with Crippen LogP contribution in [0.4, 0.5) is 10.2 Å². The fourth-order valence-corrected chi connectivity index (χ4v) is 11.2. The van der Waals surface area contributed by atoms with E-state index in [0.29, 0.717) is 83.6 Å². The molecule has 7 atom stereocenters. The number of methoxy groups -OCH3 is 1. The molecule has 2 bridgehead atoms. The van der Waals surface area contributed by atoms with E-state index in [-0.39, 0.29) is 50.3 Å². The van der Waals surface area contributed by atoms with Crippen LogP contribution >= 0.6 is 11.6 Å². The molecule has 0 unspecified atom stereocenters. The lowest BCUT2D eigenvalue weighted by Crippen LogP contribution is -2.50. The number of likely N-dealkylation sites (tertiary alicyclic amines) is 1. The molecule has 3 aliphatic rings. The van der Waals surface area contributed by atoms with Crippen LogP contribution in [0, 0.1) is 18.7 Å². The summed E-state index contributed by atoms with van der Waals surface area (Å²) in [5.74, 6) is -0.680. The van der Waals surface area contributed by atoms with Crippen molar-refractivity contribution in [1.82, 2.24) is 60.9 Å². The second kappa shape index (κ2) is 22.0. The number of ether oxygens (including phenoxy) is 3. The number of piperazine rings is 1. The summed E-state index contributed by atoms with van der Waals surface area (Å²) in [6, 6.07) is 19.6. The molecule has 7 heterocycles. The largest absolute Gasteiger partial charge is 0.486 e. The van der Waals surface area contributed by atoms with Crippen molar-refractivity contribution in [2.24, 2.45) is 5.92 Å². The van der Waals surface area contributed by atoms with Crippen molar-refractivity contribution in [3.05, 3.63) is 119 Å². The fraction of sp³-hybridized carbons (Fsp3) is 0.375. The zero-order valence-electron chi connectivity index (χ0n) is 43.6. The Hall–Kier alpha value is -7.69. The average Bonchev–Trinajstić information content (AvgIpc) is 4.47. The van der Waals surface area contributed by atoms with Gasteiger partial charge < -0.3 is 44.9 Å². The molecule has 78 heavy (non-hydrogen) atoms. The van der Waals surface area contributed by atoms with Crippen LogP contribution in [0.5, 0.6) is 11.8 Å². The predicted octanol–water partition coefficient (Wildman–Crippen LogP) is 6.54. The van der Waals surface area contributed by atoms with Gasteiger partial charge in [-0.1, -0.05) is 79.2 Å². The van der Waals surface area contributed by atoms with E-state index >= 15 is 4.39 Å². The van der Waals surface area contributed by atoms with E-state index in [0.717, 1.165) is 30.6 Å². The van der Waals surface area contributed by atoms with E-state index in [2.05, 4.69) is 46.2 Å². The molecule has 22 heteroatoms. The molecule has 3 saturated heterocycles. The number of aliphatic hydroxyl groups excluding tert-OH is 2. The first-order valence-electron chi connectivity index (χ1n) is 26.0. The first kappa shape index (κ1) is 52.4. The monoisotopic (exact) mass is 1080 g/mol. The van der Waals surface area contributed by atoms with Crippen molar-refractivity contribution < 1.29 is 38.4 Å². The maximum absolute atomic E-state index is 15.8. The maximum atomic E-state index is 15.8. The summed E-state index contributed by atoms with van der Waals surface area (Å²) in [7, 11) is 1.61. The third kappa shape index (κ3) is 10.2. The number of H-pyrrole nitrogens is 1. The minimum absolute atomic E-state index is 0.0220. The normalized spacial score (nSPS) is 19.3. The zero-order valence-corrected chi connectivity index (χ0v) is 44.4. The Balaban J connectivity index is 0.855. The van der Waals surface area contributed by atoms with E-state index < -0.39 is 48.5 Å². The number of hydrogen-bond acceptors (Lipinski definition) is 16. The molecule has 11 rings (SSSR count). The highest BCUT2D eigenvalue weighted by Crippen LogP contribution is 2.49. The van der Waals surface area contributed by atoms with E-state index in [1.807, 2.05) is 69.3 Å². The second-order valence-electron chi connectivity index (χ2n) is 20.6. The maximum Gasteiger partial charge on any atom is 0.319 e. The first-order chi connectivity index (χ1) is 37.8. The van der Waals surface area contributed by atoms with E-state index in [4.69, 9.17) is 35.8 Å². The van der Waals surface area contributed by atoms with Gasteiger partial charge in [-0.3, -0.25) is 14.7 Å². The number of carbonyl (C=O) groups is 2. The second-order valence-corrected chi connectivity index (χ2v) is 21.0. The van der Waals surface area contributed by atoms with Gasteiger partial charge in [0.2, 0.25) is 11.8 Å². The van der Waals surface area contributed by atoms with E-state index in [1.165, 1.54) is 15.6 Å². The molecule has 2 amide bonds. The molecule has 8 aromatic rings. The van der Waals surface area contributed by atoms with Crippen molar-refractivity contribution >= 4 is 51.0 Å². The van der Waals surface area contributed by atoms with Crippen LogP contribution in [0.1, 0.15) is 62.4 Å². The zero-order chi connectivity index (χ0) is 54.4. The number of benzene rings is 4. The molecule has 20 nitrogen and oxygen atoms in total. The Kier molecular flexibility index (Phi) is 14.8. The number of amides is 2. The summed E-state index contributed by atoms with van der Waals surface area (Å²) >= 11 is 7.37. The number of aromatic nitrogens is 9. The number of nitrogens with one attached hydrogen (secondary N) is 3. The predicted molar refractivity (Wildman–Crippen MR) is 289 cm³/mol. The minimum Gasteiger partial charge on any atom is -0.486 e. The van der Waals surface area contributed by atoms with Crippen molar-refractivity contribution in [3.63, 3.8) is 0 Å². The van der Waals surface area contributed by atoms with Gasteiger partial charge in [-0.15, -0.1) is 5.10 Å². The fourth-order valence-electron chi connectivity index (χ4n) is 10.9. The molecular formula is C56H59ClFN13O7. The van der Waals surface area contributed by atoms with E-state index in [9.17, 15) is 19.8 Å². The summed E-state index contributed by atoms with van der Waals surface area (Å²) in [6.07, 6.45) is 4.72. The molecule has 4 aromatic heterocycles. The SMILES string of the molecule is CO[C@@H](C)COc1nc(N2C[C@@H]3C[C@H]2CN3)c2cc(Cl)c(-c3c(C)c(F)cc4[nH]ncc34)c(OCc3ccc(-c4cn([C@H](C(=O)N5C[C@H](O)C[C@H]5C(=O)N[C@@H](CO)c5ccc(-c6cccnn6)cc5)C(C)C)nn4)cc3)c2n1. The van der Waals surface area contributed by atoms with Crippen molar-refractivity contribution in [2.75, 3.05) is 44.9 Å². The Morgan fingerprint density at radius 2 is 1.73 bits per heavy atom. The van der Waals surface area contributed by atoms with Gasteiger partial charge in [0.25, 0.3) is 0 Å². The van der Waals surface area contributed by atoms with Gasteiger partial charge in [-0.2, -0.15) is 25.3 Å². The standard InChI is InChI=1S/C56H59ClFN13O7/c1-29(2)51(55(75)70-24-38(73)18-47(70)54(74)62-46(26-72)35-14-12-33(13-15-35)43-7-6-16-60-65-43)71-25-45(67-68-71)34-10-8-32(9-11-34)28-77-52-49(48-31(4)42(58)20-44-40(48)22-61-66-44)41(57)19-39-50(52)63-56(78-27-30(3)76-5)64-53(39)69-23-36-17-37(69)21-59-36/h6-16,19-20,22,25,29-30,36-38,46-47,51,59,72-73H,17-18,21,23-24,26-28H2,1-5H3,(H,61,66)(H,62,74)/t30-,36-,37-,38+,46-,47-,51-/m0/s1. The molecule has 0 radical (unpaired) electrons. The highest BCUT2D eigenvalue weighted by atomic mass is 35.5. The number of aromatic amines is 1. The van der Waals surface area contributed by atoms with Crippen LogP contribution in [0.2, 0.25) is 5.02 Å². The molecule has 0 saturated carbocycles. The minimum atomic E-state index is -1.00. The molecule has 4 aromatic carbocycles. The van der Waals surface area contributed by atoms with Crippen LogP contribution in [0.25, 0.3) is 55.4 Å². The van der Waals surface area contributed by atoms with Crippen molar-refractivity contribution in [2.45, 2.75) is 89.6 Å². The summed E-state index contributed by atoms with van der Waals surface area (Å²) in [4.78, 5) is 42.1. The number of hydrogen-bond donors (Lipinski definition) is 5. The third-order valence-electron chi connectivity index (χ3n) is 15.1. The first-order valence-corrected chi connectivity index (χ1v) is 26.4. The van der Waals surface area contributed by atoms with Gasteiger partial charge in [0.05, 0.1) is 53.5 Å². The molecule has 3 aliphatic heterocycles. The lowest BCUT2D eigenvalue weighted by atomic mass is 9.94. The van der Waals surface area contributed by atoms with Crippen LogP contribution in [-0.4, -0.2) is 143 Å². The van der Waals surface area contributed by atoms with Crippen molar-refractivity contribution in [3.8, 4) is 45.4 Å². The molecule has 5 N–H and O–H groups in total. The molecule has 0 aliphatic carbocycles. The highest BCUT2D eigenvalue weighted by molar-refractivity contribution is 6.35. The molecule has 0 spiro atoms. The Bertz CT molecular complexity index is 3490. The van der Waals surface area contributed by atoms with Gasteiger partial charge in [0.1, 0.15) is 48.1 Å².